The topological polar surface area (TPSA) is 56.0 Å². The number of halogens is 1. The second-order valence-corrected chi connectivity index (χ2v) is 5.42. The summed E-state index contributed by atoms with van der Waals surface area (Å²) in [7, 11) is 0. The first-order chi connectivity index (χ1) is 10.1. The minimum Gasteiger partial charge on any atom is -0.258 e. The van der Waals surface area contributed by atoms with E-state index in [1.54, 1.807) is 36.4 Å². The minimum absolute atomic E-state index is 0.0325. The molecule has 3 aromatic rings. The van der Waals surface area contributed by atoms with E-state index in [4.69, 9.17) is 0 Å². The number of hydrogen-bond donors (Lipinski definition) is 0. The molecule has 0 spiro atoms. The summed E-state index contributed by atoms with van der Waals surface area (Å²) >= 11 is 1.24. The molecular weight excluding hydrogens is 291 g/mol. The number of rotatable bonds is 3. The number of fused-ring (bicyclic) bond motifs is 1. The summed E-state index contributed by atoms with van der Waals surface area (Å²) < 4.78 is 13.6. The van der Waals surface area contributed by atoms with Gasteiger partial charge in [0.2, 0.25) is 0 Å². The van der Waals surface area contributed by atoms with Gasteiger partial charge in [0.15, 0.2) is 0 Å². The van der Waals surface area contributed by atoms with Crippen LogP contribution in [0.4, 0.5) is 10.1 Å². The fourth-order valence-electron chi connectivity index (χ4n) is 1.98. The summed E-state index contributed by atoms with van der Waals surface area (Å²) in [6.45, 7) is 0. The molecule has 1 heterocycles. The highest BCUT2D eigenvalue weighted by molar-refractivity contribution is 7.99. The predicted molar refractivity (Wildman–Crippen MR) is 78.9 cm³/mol. The zero-order valence-corrected chi connectivity index (χ0v) is 11.5. The average molecular weight is 300 g/mol. The number of non-ortho nitro benzene ring substituents is 1. The standard InChI is InChI=1S/C15H9FN2O2S/c16-12-5-1-2-7-14(12)21-11-8-10-4-3-6-13(18(19)20)15(10)17-9-11/h1-9H. The predicted octanol–water partition coefficient (Wildman–Crippen LogP) is 4.43. The van der Waals surface area contributed by atoms with Crippen LogP contribution in [-0.2, 0) is 0 Å². The number of hydrogen-bond acceptors (Lipinski definition) is 4. The largest absolute Gasteiger partial charge is 0.295 e. The number of pyridine rings is 1. The van der Waals surface area contributed by atoms with Crippen molar-refractivity contribution in [3.63, 3.8) is 0 Å². The van der Waals surface area contributed by atoms with E-state index in [1.165, 1.54) is 30.1 Å². The van der Waals surface area contributed by atoms with E-state index in [0.29, 0.717) is 15.8 Å². The third-order valence-corrected chi connectivity index (χ3v) is 3.94. The van der Waals surface area contributed by atoms with Crippen LogP contribution in [0.5, 0.6) is 0 Å². The van der Waals surface area contributed by atoms with E-state index in [2.05, 4.69) is 4.98 Å². The van der Waals surface area contributed by atoms with Crippen molar-refractivity contribution >= 4 is 28.4 Å². The van der Waals surface area contributed by atoms with Gasteiger partial charge >= 0.3 is 0 Å². The van der Waals surface area contributed by atoms with Crippen LogP contribution in [-0.4, -0.2) is 9.91 Å². The quantitative estimate of drug-likeness (QED) is 0.530. The molecular formula is C15H9FN2O2S. The number of para-hydroxylation sites is 1. The monoisotopic (exact) mass is 300 g/mol. The molecule has 0 unspecified atom stereocenters. The van der Waals surface area contributed by atoms with Crippen molar-refractivity contribution in [2.75, 3.05) is 0 Å². The van der Waals surface area contributed by atoms with E-state index in [9.17, 15) is 14.5 Å². The Bertz CT molecular complexity index is 839. The van der Waals surface area contributed by atoms with Crippen molar-refractivity contribution < 1.29 is 9.31 Å². The first kappa shape index (κ1) is 13.5. The van der Waals surface area contributed by atoms with Gasteiger partial charge in [0.05, 0.1) is 4.92 Å². The molecule has 2 aromatic carbocycles. The lowest BCUT2D eigenvalue weighted by atomic mass is 10.2. The third-order valence-electron chi connectivity index (χ3n) is 2.93. The SMILES string of the molecule is O=[N+]([O-])c1cccc2cc(Sc3ccccc3F)cnc12. The molecule has 104 valence electrons. The Morgan fingerprint density at radius 3 is 2.71 bits per heavy atom. The molecule has 1 aromatic heterocycles. The number of aromatic nitrogens is 1. The number of nitrogens with zero attached hydrogens (tertiary/aromatic N) is 2. The summed E-state index contributed by atoms with van der Waals surface area (Å²) in [4.78, 5) is 15.8. The molecule has 0 aliphatic rings. The van der Waals surface area contributed by atoms with Gasteiger partial charge in [0.25, 0.3) is 5.69 Å². The van der Waals surface area contributed by atoms with Crippen LogP contribution in [0.2, 0.25) is 0 Å². The molecule has 0 amide bonds. The van der Waals surface area contributed by atoms with Crippen molar-refractivity contribution in [3.8, 4) is 0 Å². The van der Waals surface area contributed by atoms with E-state index >= 15 is 0 Å². The molecule has 0 fully saturated rings. The lowest BCUT2D eigenvalue weighted by molar-refractivity contribution is -0.383. The van der Waals surface area contributed by atoms with Crippen molar-refractivity contribution in [2.24, 2.45) is 0 Å². The highest BCUT2D eigenvalue weighted by Crippen LogP contribution is 2.32. The van der Waals surface area contributed by atoms with E-state index < -0.39 is 4.92 Å². The number of benzene rings is 2. The van der Waals surface area contributed by atoms with Crippen LogP contribution in [0.1, 0.15) is 0 Å². The molecule has 0 saturated carbocycles. The maximum absolute atomic E-state index is 13.6. The molecule has 4 nitrogen and oxygen atoms in total. The molecule has 0 saturated heterocycles. The normalized spacial score (nSPS) is 10.7. The maximum atomic E-state index is 13.6. The van der Waals surface area contributed by atoms with Gasteiger partial charge in [0.1, 0.15) is 11.3 Å². The lowest BCUT2D eigenvalue weighted by Crippen LogP contribution is -1.91. The highest BCUT2D eigenvalue weighted by atomic mass is 32.2. The smallest absolute Gasteiger partial charge is 0.258 e. The van der Waals surface area contributed by atoms with Crippen LogP contribution in [0, 0.1) is 15.9 Å². The molecule has 21 heavy (non-hydrogen) atoms. The van der Waals surface area contributed by atoms with Crippen LogP contribution < -0.4 is 0 Å². The van der Waals surface area contributed by atoms with Crippen LogP contribution in [0.3, 0.4) is 0 Å². The second kappa shape index (κ2) is 5.49. The molecule has 0 aliphatic heterocycles. The minimum atomic E-state index is -0.459. The molecule has 0 N–H and O–H groups in total. The Kier molecular flexibility index (Phi) is 3.53. The van der Waals surface area contributed by atoms with Crippen molar-refractivity contribution in [1.82, 2.24) is 4.98 Å². The van der Waals surface area contributed by atoms with Gasteiger partial charge in [-0.15, -0.1) is 0 Å². The van der Waals surface area contributed by atoms with Crippen LogP contribution in [0.15, 0.2) is 64.5 Å². The van der Waals surface area contributed by atoms with Gasteiger partial charge in [0, 0.05) is 27.4 Å². The van der Waals surface area contributed by atoms with Gasteiger partial charge in [-0.2, -0.15) is 0 Å². The Morgan fingerprint density at radius 1 is 1.14 bits per heavy atom. The van der Waals surface area contributed by atoms with Crippen LogP contribution in [0.25, 0.3) is 10.9 Å². The van der Waals surface area contributed by atoms with Crippen molar-refractivity contribution in [2.45, 2.75) is 9.79 Å². The first-order valence-electron chi connectivity index (χ1n) is 6.11. The molecule has 0 aliphatic carbocycles. The van der Waals surface area contributed by atoms with Gasteiger partial charge in [-0.05, 0) is 18.2 Å². The summed E-state index contributed by atoms with van der Waals surface area (Å²) in [5, 5.41) is 11.6. The third kappa shape index (κ3) is 2.71. The van der Waals surface area contributed by atoms with Crippen molar-refractivity contribution in [1.29, 1.82) is 0 Å². The summed E-state index contributed by atoms with van der Waals surface area (Å²) in [6.07, 6.45) is 1.52. The van der Waals surface area contributed by atoms with Gasteiger partial charge in [-0.3, -0.25) is 10.1 Å². The van der Waals surface area contributed by atoms with Gasteiger partial charge in [-0.25, -0.2) is 9.37 Å². The Balaban J connectivity index is 2.03. The van der Waals surface area contributed by atoms with Crippen molar-refractivity contribution in [3.05, 3.63) is 70.7 Å². The molecule has 0 radical (unpaired) electrons. The van der Waals surface area contributed by atoms with Gasteiger partial charge < -0.3 is 0 Å². The zero-order chi connectivity index (χ0) is 14.8. The first-order valence-corrected chi connectivity index (χ1v) is 6.92. The number of nitro groups is 1. The fourth-order valence-corrected chi connectivity index (χ4v) is 2.84. The Hall–Kier alpha value is -2.47. The fraction of sp³-hybridized carbons (Fsp3) is 0. The summed E-state index contributed by atoms with van der Waals surface area (Å²) in [5.41, 5.74) is 0.301. The summed E-state index contributed by atoms with van der Waals surface area (Å²) in [5.74, 6) is -0.304. The zero-order valence-electron chi connectivity index (χ0n) is 10.7. The average Bonchev–Trinajstić information content (AvgIpc) is 2.48. The lowest BCUT2D eigenvalue weighted by Gasteiger charge is -2.04. The second-order valence-electron chi connectivity index (χ2n) is 4.31. The number of nitro benzene ring substituents is 1. The Labute approximate surface area is 123 Å². The molecule has 3 rings (SSSR count). The van der Waals surface area contributed by atoms with E-state index in [0.717, 1.165) is 4.90 Å². The van der Waals surface area contributed by atoms with E-state index in [-0.39, 0.29) is 11.5 Å². The molecule has 6 heteroatoms. The highest BCUT2D eigenvalue weighted by Gasteiger charge is 2.13. The van der Waals surface area contributed by atoms with Crippen LogP contribution >= 0.6 is 11.8 Å². The van der Waals surface area contributed by atoms with E-state index in [1.807, 2.05) is 0 Å². The maximum Gasteiger partial charge on any atom is 0.295 e. The van der Waals surface area contributed by atoms with Gasteiger partial charge in [-0.1, -0.05) is 36.0 Å². The molecule has 0 bridgehead atoms. The molecule has 0 atom stereocenters. The Morgan fingerprint density at radius 2 is 1.95 bits per heavy atom. The summed E-state index contributed by atoms with van der Waals surface area (Å²) in [6, 6.07) is 13.0.